The first-order valence-electron chi connectivity index (χ1n) is 16.2. The van der Waals surface area contributed by atoms with E-state index in [9.17, 15) is 13.8 Å². The van der Waals surface area contributed by atoms with E-state index < -0.39 is 33.2 Å². The summed E-state index contributed by atoms with van der Waals surface area (Å²) in [5, 5.41) is 0.701. The largest absolute Gasteiger partial charge is 0.487 e. The van der Waals surface area contributed by atoms with Gasteiger partial charge in [-0.2, -0.15) is 0 Å². The number of halogens is 1. The van der Waals surface area contributed by atoms with Crippen LogP contribution in [0.4, 0.5) is 5.69 Å². The van der Waals surface area contributed by atoms with Crippen molar-refractivity contribution in [3.63, 3.8) is 0 Å². The molecule has 4 atom stereocenters. The van der Waals surface area contributed by atoms with Gasteiger partial charge in [0.05, 0.1) is 23.3 Å². The van der Waals surface area contributed by atoms with Crippen LogP contribution in [0.25, 0.3) is 0 Å². The molecule has 0 radical (unpaired) electrons. The Balaban J connectivity index is 1.66. The van der Waals surface area contributed by atoms with Gasteiger partial charge in [0.2, 0.25) is 5.91 Å². The van der Waals surface area contributed by atoms with Crippen LogP contribution in [0, 0.1) is 17.8 Å². The van der Waals surface area contributed by atoms with E-state index in [0.717, 1.165) is 56.4 Å². The molecule has 2 aromatic rings. The molecule has 1 unspecified atom stereocenters. The van der Waals surface area contributed by atoms with Crippen LogP contribution in [0.15, 0.2) is 57.8 Å². The minimum absolute atomic E-state index is 0.0889. The number of ether oxygens (including phenoxy) is 3. The molecule has 1 N–H and O–H groups in total. The van der Waals surface area contributed by atoms with Crippen LogP contribution in [0.3, 0.4) is 0 Å². The molecule has 0 saturated heterocycles. The van der Waals surface area contributed by atoms with E-state index in [-0.39, 0.29) is 17.6 Å². The topological polar surface area (TPSA) is 107 Å². The number of anilines is 1. The number of rotatable bonds is 3. The highest BCUT2D eigenvalue weighted by atomic mass is 35.5. The molecule has 5 rings (SSSR count). The maximum atomic E-state index is 14.7. The molecule has 0 aromatic heterocycles. The zero-order valence-corrected chi connectivity index (χ0v) is 29.0. The number of fused-ring (bicyclic) bond motifs is 3. The van der Waals surface area contributed by atoms with Crippen LogP contribution < -0.4 is 14.4 Å². The number of carbonyl (C=O) groups excluding carboxylic acids is 2. The lowest BCUT2D eigenvalue weighted by Crippen LogP contribution is -2.44. The van der Waals surface area contributed by atoms with Gasteiger partial charge in [-0.1, -0.05) is 43.7 Å². The number of hydrogen-bond donors (Lipinski definition) is 1. The lowest BCUT2D eigenvalue weighted by Gasteiger charge is -2.43. The zero-order chi connectivity index (χ0) is 33.1. The number of benzene rings is 2. The van der Waals surface area contributed by atoms with Gasteiger partial charge >= 0.3 is 0 Å². The van der Waals surface area contributed by atoms with Gasteiger partial charge in [-0.05, 0) is 99.2 Å². The predicted octanol–water partition coefficient (Wildman–Crippen LogP) is 6.51. The molecule has 2 aliphatic heterocycles. The molecule has 2 heterocycles. The van der Waals surface area contributed by atoms with Crippen molar-refractivity contribution < 1.29 is 28.0 Å². The molecule has 2 bridgehead atoms. The minimum Gasteiger partial charge on any atom is -0.487 e. The second-order valence-electron chi connectivity index (χ2n) is 13.2. The van der Waals surface area contributed by atoms with E-state index in [1.54, 1.807) is 53.0 Å². The van der Waals surface area contributed by atoms with Crippen LogP contribution in [0.1, 0.15) is 64.5 Å². The van der Waals surface area contributed by atoms with Gasteiger partial charge in [0.1, 0.15) is 18.0 Å². The summed E-state index contributed by atoms with van der Waals surface area (Å²) in [5.74, 6) is -0.390. The van der Waals surface area contributed by atoms with Gasteiger partial charge in [0, 0.05) is 31.1 Å². The van der Waals surface area contributed by atoms with Gasteiger partial charge in [-0.15, -0.1) is 4.36 Å². The average molecular weight is 672 g/mol. The summed E-state index contributed by atoms with van der Waals surface area (Å²) in [6.07, 6.45) is 8.64. The Morgan fingerprint density at radius 2 is 1.96 bits per heavy atom. The van der Waals surface area contributed by atoms with Gasteiger partial charge < -0.3 is 19.1 Å². The highest BCUT2D eigenvalue weighted by Crippen LogP contribution is 2.42. The van der Waals surface area contributed by atoms with Crippen molar-refractivity contribution in [3.05, 3.63) is 64.7 Å². The minimum atomic E-state index is -3.74. The monoisotopic (exact) mass is 671 g/mol. The molecule has 46 heavy (non-hydrogen) atoms. The maximum Gasteiger partial charge on any atom is 0.287 e. The highest BCUT2D eigenvalue weighted by molar-refractivity contribution is 7.92. The van der Waals surface area contributed by atoms with Crippen molar-refractivity contribution in [2.45, 2.75) is 83.0 Å². The summed E-state index contributed by atoms with van der Waals surface area (Å²) in [6, 6.07) is 11.1. The first-order valence-corrected chi connectivity index (χ1v) is 18.0. The van der Waals surface area contributed by atoms with E-state index in [1.807, 2.05) is 30.4 Å². The first kappa shape index (κ1) is 34.4. The van der Waals surface area contributed by atoms with Crippen molar-refractivity contribution in [2.24, 2.45) is 22.1 Å². The predicted molar refractivity (Wildman–Crippen MR) is 180 cm³/mol. The second-order valence-corrected chi connectivity index (χ2v) is 15.6. The summed E-state index contributed by atoms with van der Waals surface area (Å²) in [4.78, 5) is 29.1. The van der Waals surface area contributed by atoms with Gasteiger partial charge in [-0.3, -0.25) is 14.3 Å². The maximum absolute atomic E-state index is 14.7. The molecule has 1 fully saturated rings. The Morgan fingerprint density at radius 1 is 1.15 bits per heavy atom. The summed E-state index contributed by atoms with van der Waals surface area (Å²) in [5.41, 5.74) is 1.59. The summed E-state index contributed by atoms with van der Waals surface area (Å²) in [6.45, 7) is 8.56. The molecule has 250 valence electrons. The molecular formula is C35H46ClN3O6S. The Labute approximate surface area is 278 Å². The summed E-state index contributed by atoms with van der Waals surface area (Å²) < 4.78 is 39.9. The van der Waals surface area contributed by atoms with Crippen molar-refractivity contribution in [1.82, 2.24) is 4.72 Å². The number of amides is 2. The normalized spacial score (nSPS) is 27.5. The first-order chi connectivity index (χ1) is 21.9. The lowest BCUT2D eigenvalue weighted by atomic mass is 9.70. The van der Waals surface area contributed by atoms with Crippen LogP contribution in [-0.4, -0.2) is 54.5 Å². The fraction of sp³-hybridized carbons (Fsp3) is 0.543. The number of hydrogen-bond acceptors (Lipinski definition) is 7. The summed E-state index contributed by atoms with van der Waals surface area (Å²) in [7, 11) is -2.02. The number of nitrogens with zero attached hydrogens (tertiary/aromatic N) is 2. The van der Waals surface area contributed by atoms with Crippen molar-refractivity contribution in [2.75, 3.05) is 31.7 Å². The second kappa shape index (κ2) is 14.5. The Hall–Kier alpha value is -2.92. The van der Waals surface area contributed by atoms with Crippen LogP contribution in [0.2, 0.25) is 5.02 Å². The van der Waals surface area contributed by atoms with Crippen LogP contribution in [0.5, 0.6) is 5.75 Å². The van der Waals surface area contributed by atoms with Crippen molar-refractivity contribution >= 4 is 39.0 Å². The molecule has 0 spiro atoms. The smallest absolute Gasteiger partial charge is 0.287 e. The average Bonchev–Trinajstić information content (AvgIpc) is 3.03. The van der Waals surface area contributed by atoms with Gasteiger partial charge in [-0.25, -0.2) is 4.21 Å². The Morgan fingerprint density at radius 3 is 2.67 bits per heavy atom. The van der Waals surface area contributed by atoms with Crippen molar-refractivity contribution in [3.8, 4) is 5.75 Å². The van der Waals surface area contributed by atoms with E-state index in [1.165, 1.54) is 5.56 Å². The van der Waals surface area contributed by atoms with Crippen LogP contribution >= 0.6 is 11.6 Å². The summed E-state index contributed by atoms with van der Waals surface area (Å²) >= 11 is 6.35. The van der Waals surface area contributed by atoms with E-state index >= 15 is 0 Å². The third-order valence-corrected chi connectivity index (χ3v) is 11.3. The third-order valence-electron chi connectivity index (χ3n) is 9.25. The molecular weight excluding hydrogens is 626 g/mol. The quantitative estimate of drug-likeness (QED) is 0.371. The standard InChI is InChI=1S/C35H46ClN3O6S/c1-23(2)33(40)37-46(42)28-14-16-32-30(20-28)39(17-7-6-9-24-19-27(36)13-11-26(24)22-44-32)21-25-12-15-29(25)31(43-5)10-8-18-45-35(3,4)34(41)38-46/h8,10-11,13-14,16,19-20,23,25,29,31H,6-7,9,12,15,17-18,21-22H2,1-5H3,(H,37,38,40,41,42)/b10-8+/t25-,29+,31-,46?/m0/s1. The zero-order valence-electron chi connectivity index (χ0n) is 27.4. The Kier molecular flexibility index (Phi) is 10.8. The fourth-order valence-electron chi connectivity index (χ4n) is 6.15. The number of aryl methyl sites for hydroxylation is 1. The van der Waals surface area contributed by atoms with E-state index in [2.05, 4.69) is 14.0 Å². The number of carbonyl (C=O) groups is 2. The van der Waals surface area contributed by atoms with E-state index in [4.69, 9.17) is 25.8 Å². The third kappa shape index (κ3) is 7.78. The number of nitrogens with one attached hydrogen (secondary N) is 1. The Bertz CT molecular complexity index is 1600. The molecule has 3 aliphatic rings. The fourth-order valence-corrected chi connectivity index (χ4v) is 8.10. The van der Waals surface area contributed by atoms with Gasteiger partial charge in [0.15, 0.2) is 9.92 Å². The molecule has 2 amide bonds. The van der Waals surface area contributed by atoms with Gasteiger partial charge in [0.25, 0.3) is 5.91 Å². The molecule has 1 aliphatic carbocycles. The number of methoxy groups -OCH3 is 1. The molecule has 11 heteroatoms. The van der Waals surface area contributed by atoms with Crippen molar-refractivity contribution in [1.29, 1.82) is 0 Å². The van der Waals surface area contributed by atoms with E-state index in [0.29, 0.717) is 29.2 Å². The SMILES string of the molecule is CO[C@H]1/C=C/COC(C)(C)C(=O)N=S(=O)(NC(=O)C(C)C)c2ccc3c(c2)N(CCCCc2cc(Cl)ccc2CO3)C[C@@H]2CC[C@H]21. The lowest BCUT2D eigenvalue weighted by molar-refractivity contribution is -0.137. The van der Waals surface area contributed by atoms with Crippen LogP contribution in [-0.2, 0) is 42.0 Å². The molecule has 2 aromatic carbocycles. The molecule has 1 saturated carbocycles. The highest BCUT2D eigenvalue weighted by Gasteiger charge is 2.38. The molecule has 9 nitrogen and oxygen atoms in total.